The summed E-state index contributed by atoms with van der Waals surface area (Å²) in [6, 6.07) is 19.0. The molecule has 14 rings (SSSR count). The number of sulfone groups is 2. The minimum Gasteiger partial charge on any atom is -0.690 e. The number of halogens is 3. The summed E-state index contributed by atoms with van der Waals surface area (Å²) in [5.41, 5.74) is 16.8. The van der Waals surface area contributed by atoms with E-state index in [4.69, 9.17) is 151 Å². The van der Waals surface area contributed by atoms with Gasteiger partial charge in [-0.25, -0.2) is 26.8 Å². The fraction of sp³-hybridized carbons (Fsp3) is 0.438. The zero-order valence-corrected chi connectivity index (χ0v) is 71.2. The number of hydrogen-bond acceptors (Lipinski definition) is 22. The molecule has 8 aromatic rings. The van der Waals surface area contributed by atoms with E-state index in [-0.39, 0.29) is 32.7 Å². The molecule has 22 nitrogen and oxygen atoms in total. The summed E-state index contributed by atoms with van der Waals surface area (Å²) in [7, 11) is 74.5. The average Bonchev–Trinajstić information content (AvgIpc) is 0.793. The van der Waals surface area contributed by atoms with Gasteiger partial charge in [0.05, 0.1) is 71.6 Å². The van der Waals surface area contributed by atoms with Gasteiger partial charge >= 0.3 is 0 Å². The van der Waals surface area contributed by atoms with Crippen LogP contribution in [0.25, 0.3) is 22.1 Å². The van der Waals surface area contributed by atoms with E-state index in [9.17, 15) is 16.8 Å². The number of aromatic nitrogens is 8. The Balaban J connectivity index is 0.000000187. The van der Waals surface area contributed by atoms with Crippen LogP contribution in [0, 0.1) is 0 Å². The summed E-state index contributed by atoms with van der Waals surface area (Å²) >= 11 is 18.4. The molecule has 4 aromatic carbocycles. The van der Waals surface area contributed by atoms with Crippen molar-refractivity contribution in [2.45, 2.75) is 128 Å². The van der Waals surface area contributed by atoms with Crippen molar-refractivity contribution in [1.82, 2.24) is 49.7 Å². The topological polar surface area (TPSA) is 265 Å². The van der Waals surface area contributed by atoms with E-state index < -0.39 is 89.9 Å². The van der Waals surface area contributed by atoms with E-state index in [0.29, 0.717) is 98.3 Å². The molecule has 4 aromatic heterocycles. The summed E-state index contributed by atoms with van der Waals surface area (Å²) in [5.74, 6) is 1.96. The third-order valence-corrected chi connectivity index (χ3v) is 24.2. The largest absolute Gasteiger partial charge is 0.690 e. The molecule has 28 radical (unpaired) electrons. The van der Waals surface area contributed by atoms with Gasteiger partial charge in [-0.05, 0) is 288 Å². The third-order valence-electron chi connectivity index (χ3n) is 21.9. The SMILES string of the molecule is CCc1cc(N)c(OC)cc1N1CC2CCC1CN2C(C)C.CCc1cc(Nc2ncc(Cl)c(Nc3ccc4nccnc4c3CS(C)(=O)=O)n2)c(OC)cc1N1CC2CCC1CN2C(C)C.CS(=O)(=O)Cc1c(Nc2nc(Cl)ncc2Cl)ccc2nccnc12.[B]B([B])B([B][B-])B(B([B])[B])B(B(B([B])[B])B([B])[B])B(B([B])[B])B([B])[B]. The normalized spacial score (nSPS) is 16.3. The molecule has 6 fully saturated rings. The Morgan fingerprint density at radius 3 is 1.33 bits per heavy atom. The highest BCUT2D eigenvalue weighted by Gasteiger charge is 2.49. The predicted molar refractivity (Wildman–Crippen MR) is 510 cm³/mol. The Morgan fingerprint density at radius 2 is 0.940 bits per heavy atom. The van der Waals surface area contributed by atoms with E-state index >= 15 is 0 Å². The molecule has 116 heavy (non-hydrogen) atoms. The number of benzene rings is 4. The Morgan fingerprint density at radius 1 is 0.526 bits per heavy atom. The first-order valence-electron chi connectivity index (χ1n) is 38.5. The van der Waals surface area contributed by atoms with Gasteiger partial charge in [0.15, 0.2) is 31.3 Å². The van der Waals surface area contributed by atoms with E-state index in [0.717, 1.165) is 55.9 Å². The average molecular weight is 1610 g/mol. The second-order valence-corrected chi connectivity index (χ2v) is 36.0. The standard InChI is InChI=1S/C32H39ClN8O3S.C18H29N3O.C14H11Cl2N5O2S.B25/c1-6-20-13-27(29(44-4)14-28(20)41-17-21-7-8-22(41)16-40(21)19(2)3)38-32-36-15-24(33)31(39-32)37-25-9-10-26-30(35-12-11-34-26)23(25)18-45(5,42)43;1-5-13-8-16(19)18(22-4)9-17(13)21-11-14-6-7-15(21)10-20(14)12(2)3;1-24(22,23)7-8-10(2-3-11-12(8)18-5-4-17-11)20-13-9(15)6-19-14(16)21-13;1-14-21(15(2)3)24(20(12)13)25(22(16(4)5)17(6)7)23(18(8)9)19(10)11/h9-15,19,21-22H,6-8,16-18H2,1-5H3,(H2,36,37,38,39);8-9,12,14-15H,5-7,10-11,19H2,1-4H3;2-6H,7H2,1H3,(H,19,20,21);/q;;;-1. The van der Waals surface area contributed by atoms with Crippen LogP contribution in [-0.2, 0) is 44.0 Å². The molecule has 5 N–H and O–H groups in total. The van der Waals surface area contributed by atoms with Crippen LogP contribution >= 0.6 is 34.8 Å². The molecule has 6 saturated heterocycles. The minimum atomic E-state index is -3.38. The highest BCUT2D eigenvalue weighted by atomic mass is 35.5. The number of anilines is 9. The third kappa shape index (κ3) is 23.6. The first-order chi connectivity index (χ1) is 54.8. The number of hydrogen-bond donors (Lipinski definition) is 4. The van der Waals surface area contributed by atoms with Gasteiger partial charge < -0.3 is 48.7 Å². The lowest BCUT2D eigenvalue weighted by Gasteiger charge is -2.54. The molecule has 4 atom stereocenters. The number of piperidine rings is 4. The monoisotopic (exact) mass is 1610 g/mol. The number of nitrogen functional groups attached to an aromatic ring is 1. The lowest BCUT2D eigenvalue weighted by Crippen LogP contribution is -2.85. The highest BCUT2D eigenvalue weighted by Crippen LogP contribution is 2.43. The quantitative estimate of drug-likeness (QED) is 0.0297. The van der Waals surface area contributed by atoms with E-state index in [1.54, 1.807) is 50.9 Å². The molecule has 10 heterocycles. The van der Waals surface area contributed by atoms with E-state index in [1.165, 1.54) is 92.8 Å². The first-order valence-corrected chi connectivity index (χ1v) is 43.7. The van der Waals surface area contributed by atoms with Gasteiger partial charge in [-0.3, -0.25) is 36.8 Å². The number of piperazine rings is 2. The Labute approximate surface area is 723 Å². The van der Waals surface area contributed by atoms with Crippen molar-refractivity contribution in [2.75, 3.05) is 84.4 Å². The van der Waals surface area contributed by atoms with Crippen LogP contribution in [0.1, 0.15) is 89.5 Å². The molecular formula is C64H79B25Cl3N16O6S2-. The van der Waals surface area contributed by atoms with Crippen molar-refractivity contribution in [3.8, 4) is 11.5 Å². The predicted octanol–water partition coefficient (Wildman–Crippen LogP) is 2.13. The van der Waals surface area contributed by atoms with Gasteiger partial charge in [0.25, 0.3) is 0 Å². The van der Waals surface area contributed by atoms with Crippen molar-refractivity contribution in [3.63, 3.8) is 0 Å². The number of ether oxygens (including phenoxy) is 2. The molecule has 4 unspecified atom stereocenters. The van der Waals surface area contributed by atoms with Crippen molar-refractivity contribution >= 4 is 306 Å². The molecular weight excluding hydrogens is 1530 g/mol. The first kappa shape index (κ1) is 94.3. The maximum Gasteiger partial charge on any atom is 0.229 e. The second kappa shape index (κ2) is 41.8. The maximum atomic E-state index is 12.3. The van der Waals surface area contributed by atoms with Crippen LogP contribution in [0.2, 0.25) is 15.3 Å². The Bertz CT molecular complexity index is 4880. The van der Waals surface area contributed by atoms with Gasteiger partial charge in [-0.2, -0.15) is 9.97 Å². The van der Waals surface area contributed by atoms with Gasteiger partial charge in [-0.15, -0.1) is 0 Å². The molecule has 0 saturated carbocycles. The summed E-state index contributed by atoms with van der Waals surface area (Å²) in [4.78, 5) is 44.5. The Kier molecular flexibility index (Phi) is 34.0. The number of methoxy groups -OCH3 is 2. The zero-order valence-electron chi connectivity index (χ0n) is 67.3. The van der Waals surface area contributed by atoms with Crippen LogP contribution < -0.4 is 41.0 Å². The van der Waals surface area contributed by atoms with Crippen molar-refractivity contribution < 1.29 is 26.3 Å². The maximum absolute atomic E-state index is 12.3. The molecule has 4 bridgehead atoms. The van der Waals surface area contributed by atoms with E-state index in [2.05, 4.69) is 141 Å². The number of aryl methyl sites for hydroxylation is 2. The van der Waals surface area contributed by atoms with Gasteiger partial charge in [-0.1, -0.05) is 37.0 Å². The van der Waals surface area contributed by atoms with Gasteiger partial charge in [0.2, 0.25) is 11.2 Å². The van der Waals surface area contributed by atoms with Crippen LogP contribution in [0.5, 0.6) is 11.5 Å². The fourth-order valence-corrected chi connectivity index (χ4v) is 18.6. The molecule has 560 valence electrons. The minimum absolute atomic E-state index is 0.0205. The molecule has 6 aliphatic rings. The number of nitrogens with two attached hydrogens (primary N) is 1. The van der Waals surface area contributed by atoms with Gasteiger partial charge in [0, 0.05) is 146 Å². The van der Waals surface area contributed by atoms with Crippen molar-refractivity contribution in [1.29, 1.82) is 0 Å². The summed E-state index contributed by atoms with van der Waals surface area (Å²) in [5, 5.41) is 10.1. The van der Waals surface area contributed by atoms with Crippen LogP contribution in [0.15, 0.2) is 85.7 Å². The van der Waals surface area contributed by atoms with Crippen molar-refractivity contribution in [3.05, 3.63) is 123 Å². The van der Waals surface area contributed by atoms with E-state index in [1.807, 2.05) is 0 Å². The zero-order chi connectivity index (χ0) is 85.1. The fourth-order valence-electron chi connectivity index (χ4n) is 16.5. The van der Waals surface area contributed by atoms with Crippen LogP contribution in [0.3, 0.4) is 0 Å². The molecule has 0 spiro atoms. The molecule has 0 aliphatic carbocycles. The van der Waals surface area contributed by atoms with Crippen LogP contribution in [-0.4, -0.2) is 334 Å². The second-order valence-electron chi connectivity index (χ2n) is 30.6. The molecule has 52 heteroatoms. The smallest absolute Gasteiger partial charge is 0.229 e. The van der Waals surface area contributed by atoms with Gasteiger partial charge in [0.1, 0.15) is 21.5 Å². The summed E-state index contributed by atoms with van der Waals surface area (Å²) in [6.07, 6.45) is 9.09. The lowest BCUT2D eigenvalue weighted by atomic mass is 8.35. The van der Waals surface area contributed by atoms with Crippen LogP contribution in [0.4, 0.5) is 51.7 Å². The lowest BCUT2D eigenvalue weighted by molar-refractivity contribution is 0.0672. The van der Waals surface area contributed by atoms with Crippen molar-refractivity contribution in [2.24, 2.45) is 0 Å². The number of nitrogens with zero attached hydrogens (tertiary/aromatic N) is 12. The summed E-state index contributed by atoms with van der Waals surface area (Å²) < 4.78 is 59.6. The highest BCUT2D eigenvalue weighted by molar-refractivity contribution is 8.24. The number of nitrogens with one attached hydrogen (secondary N) is 3. The Hall–Kier alpha value is -5.57. The summed E-state index contributed by atoms with van der Waals surface area (Å²) in [6.45, 7) is 18.0. The molecule has 0 amide bonds. The number of rotatable bonds is 29. The molecule has 6 aliphatic heterocycles. The number of fused-ring (bicyclic) bond motifs is 8.